The van der Waals surface area contributed by atoms with Crippen LogP contribution in [0.5, 0.6) is 5.75 Å². The number of halogens is 1. The van der Waals surface area contributed by atoms with Crippen molar-refractivity contribution in [2.24, 2.45) is 0 Å². The molecule has 0 saturated heterocycles. The van der Waals surface area contributed by atoms with Gasteiger partial charge in [-0.1, -0.05) is 0 Å². The molecule has 2 amide bonds. The van der Waals surface area contributed by atoms with Gasteiger partial charge in [-0.3, -0.25) is 9.59 Å². The molecule has 2 aromatic carbocycles. The lowest BCUT2D eigenvalue weighted by molar-refractivity contribution is -0.118. The number of carbonyl (C=O) groups is 2. The fraction of sp³-hybridized carbons (Fsp3) is 0.176. The highest BCUT2D eigenvalue weighted by Gasteiger charge is 2.25. The molecule has 1 aliphatic heterocycles. The van der Waals surface area contributed by atoms with Crippen molar-refractivity contribution in [2.75, 3.05) is 30.8 Å². The topological polar surface area (TPSA) is 105 Å². The van der Waals surface area contributed by atoms with Gasteiger partial charge >= 0.3 is 0 Å². The van der Waals surface area contributed by atoms with Crippen LogP contribution < -0.4 is 15.4 Å². The molecule has 0 atom stereocenters. The molecule has 1 heterocycles. The Morgan fingerprint density at radius 3 is 2.67 bits per heavy atom. The van der Waals surface area contributed by atoms with Crippen LogP contribution in [0.25, 0.3) is 0 Å². The first-order valence-corrected chi connectivity index (χ1v) is 9.28. The number of hydrogen-bond acceptors (Lipinski definition) is 5. The standard InChI is InChI=1S/C17H16FN3O5S/c1-21(9-16(22)19-12-4-2-11(18)3-5-12)27(24,25)13-6-7-15-14(8-13)20-17(23)10-26-15/h2-8H,9-10H2,1H3,(H,19,22)(H,20,23). The van der Waals surface area contributed by atoms with Crippen molar-refractivity contribution >= 4 is 33.2 Å². The predicted molar refractivity (Wildman–Crippen MR) is 95.4 cm³/mol. The number of rotatable bonds is 5. The van der Waals surface area contributed by atoms with Crippen LogP contribution in [-0.2, 0) is 19.6 Å². The first-order valence-electron chi connectivity index (χ1n) is 7.84. The summed E-state index contributed by atoms with van der Waals surface area (Å²) in [4.78, 5) is 23.4. The molecule has 2 N–H and O–H groups in total. The van der Waals surface area contributed by atoms with Crippen LogP contribution in [0.2, 0.25) is 0 Å². The molecule has 0 aromatic heterocycles. The predicted octanol–water partition coefficient (Wildman–Crippen LogP) is 1.42. The Bertz CT molecular complexity index is 992. The van der Waals surface area contributed by atoms with Crippen LogP contribution in [0.3, 0.4) is 0 Å². The zero-order chi connectivity index (χ0) is 19.6. The van der Waals surface area contributed by atoms with E-state index in [1.165, 1.54) is 49.5 Å². The summed E-state index contributed by atoms with van der Waals surface area (Å²) >= 11 is 0. The molecule has 142 valence electrons. The molecule has 2 aromatic rings. The monoisotopic (exact) mass is 393 g/mol. The lowest BCUT2D eigenvalue weighted by Gasteiger charge is -2.21. The number of carbonyl (C=O) groups excluding carboxylic acids is 2. The normalized spacial score (nSPS) is 13.5. The highest BCUT2D eigenvalue weighted by atomic mass is 32.2. The molecule has 3 rings (SSSR count). The molecule has 0 radical (unpaired) electrons. The van der Waals surface area contributed by atoms with Gasteiger partial charge in [-0.05, 0) is 42.5 Å². The van der Waals surface area contributed by atoms with E-state index >= 15 is 0 Å². The number of sulfonamides is 1. The van der Waals surface area contributed by atoms with Gasteiger partial charge in [0, 0.05) is 12.7 Å². The average molecular weight is 393 g/mol. The van der Waals surface area contributed by atoms with Gasteiger partial charge in [-0.2, -0.15) is 4.31 Å². The summed E-state index contributed by atoms with van der Waals surface area (Å²) in [6, 6.07) is 9.14. The molecule has 0 aliphatic carbocycles. The second-order valence-corrected chi connectivity index (χ2v) is 7.86. The van der Waals surface area contributed by atoms with Crippen molar-refractivity contribution in [3.05, 3.63) is 48.3 Å². The summed E-state index contributed by atoms with van der Waals surface area (Å²) in [5.41, 5.74) is 0.595. The van der Waals surface area contributed by atoms with E-state index in [2.05, 4.69) is 10.6 Å². The van der Waals surface area contributed by atoms with Gasteiger partial charge in [0.2, 0.25) is 15.9 Å². The van der Waals surface area contributed by atoms with Gasteiger partial charge in [0.15, 0.2) is 6.61 Å². The smallest absolute Gasteiger partial charge is 0.262 e. The Labute approximate surface area is 155 Å². The minimum absolute atomic E-state index is 0.0934. The van der Waals surface area contributed by atoms with Crippen LogP contribution in [0.1, 0.15) is 0 Å². The summed E-state index contributed by atoms with van der Waals surface area (Å²) in [7, 11) is -2.72. The Morgan fingerprint density at radius 1 is 1.26 bits per heavy atom. The van der Waals surface area contributed by atoms with Gasteiger partial charge in [-0.25, -0.2) is 12.8 Å². The van der Waals surface area contributed by atoms with Crippen molar-refractivity contribution in [3.8, 4) is 5.75 Å². The maximum atomic E-state index is 12.9. The highest BCUT2D eigenvalue weighted by Crippen LogP contribution is 2.30. The van der Waals surface area contributed by atoms with Crippen LogP contribution in [0.4, 0.5) is 15.8 Å². The van der Waals surface area contributed by atoms with Crippen LogP contribution in [0.15, 0.2) is 47.4 Å². The fourth-order valence-corrected chi connectivity index (χ4v) is 3.58. The third-order valence-corrected chi connectivity index (χ3v) is 5.59. The first kappa shape index (κ1) is 18.8. The molecule has 0 fully saturated rings. The summed E-state index contributed by atoms with van der Waals surface area (Å²) in [5.74, 6) is -1.05. The van der Waals surface area contributed by atoms with Crippen molar-refractivity contribution in [2.45, 2.75) is 4.90 Å². The minimum atomic E-state index is -3.98. The summed E-state index contributed by atoms with van der Waals surface area (Å²) in [6.45, 7) is -0.581. The highest BCUT2D eigenvalue weighted by molar-refractivity contribution is 7.89. The third kappa shape index (κ3) is 4.23. The van der Waals surface area contributed by atoms with E-state index in [0.717, 1.165) is 4.31 Å². The Morgan fingerprint density at radius 2 is 1.96 bits per heavy atom. The van der Waals surface area contributed by atoms with Crippen LogP contribution in [0, 0.1) is 5.82 Å². The molecular weight excluding hydrogens is 377 g/mol. The molecule has 0 spiro atoms. The number of amides is 2. The fourth-order valence-electron chi connectivity index (χ4n) is 2.42. The Balaban J connectivity index is 1.72. The van der Waals surface area contributed by atoms with E-state index in [1.54, 1.807) is 0 Å². The van der Waals surface area contributed by atoms with E-state index in [4.69, 9.17) is 4.74 Å². The molecule has 0 bridgehead atoms. The Hall–Kier alpha value is -2.98. The van der Waals surface area contributed by atoms with Crippen molar-refractivity contribution in [1.29, 1.82) is 0 Å². The van der Waals surface area contributed by atoms with Gasteiger partial charge < -0.3 is 15.4 Å². The molecule has 27 heavy (non-hydrogen) atoms. The summed E-state index contributed by atoms with van der Waals surface area (Å²) in [5, 5.41) is 5.02. The summed E-state index contributed by atoms with van der Waals surface area (Å²) in [6.07, 6.45) is 0. The molecule has 0 saturated carbocycles. The van der Waals surface area contributed by atoms with E-state index in [-0.39, 0.29) is 23.1 Å². The molecule has 10 heteroatoms. The second-order valence-electron chi connectivity index (χ2n) is 5.81. The summed E-state index contributed by atoms with van der Waals surface area (Å²) < 4.78 is 44.3. The SMILES string of the molecule is CN(CC(=O)Nc1ccc(F)cc1)S(=O)(=O)c1ccc2c(c1)NC(=O)CO2. The largest absolute Gasteiger partial charge is 0.482 e. The number of benzene rings is 2. The van der Waals surface area contributed by atoms with Crippen molar-refractivity contribution < 1.29 is 27.1 Å². The lowest BCUT2D eigenvalue weighted by atomic mass is 10.2. The zero-order valence-electron chi connectivity index (χ0n) is 14.2. The van der Waals surface area contributed by atoms with Crippen LogP contribution >= 0.6 is 0 Å². The quantitative estimate of drug-likeness (QED) is 0.799. The molecular formula is C17H16FN3O5S. The number of anilines is 2. The molecule has 0 unspecified atom stereocenters. The second kappa shape index (κ2) is 7.33. The van der Waals surface area contributed by atoms with E-state index < -0.39 is 28.3 Å². The third-order valence-electron chi connectivity index (χ3n) is 3.79. The average Bonchev–Trinajstić information content (AvgIpc) is 2.62. The first-order chi connectivity index (χ1) is 12.8. The maximum Gasteiger partial charge on any atom is 0.262 e. The molecule has 1 aliphatic rings. The van der Waals surface area contributed by atoms with Gasteiger partial charge in [0.25, 0.3) is 5.91 Å². The van der Waals surface area contributed by atoms with Crippen LogP contribution in [-0.4, -0.2) is 44.7 Å². The number of nitrogens with zero attached hydrogens (tertiary/aromatic N) is 1. The molecule has 8 nitrogen and oxygen atoms in total. The van der Waals surface area contributed by atoms with Gasteiger partial charge in [-0.15, -0.1) is 0 Å². The van der Waals surface area contributed by atoms with E-state index in [0.29, 0.717) is 11.4 Å². The van der Waals surface area contributed by atoms with Gasteiger partial charge in [0.1, 0.15) is 11.6 Å². The number of hydrogen-bond donors (Lipinski definition) is 2. The van der Waals surface area contributed by atoms with Crippen molar-refractivity contribution in [3.63, 3.8) is 0 Å². The lowest BCUT2D eigenvalue weighted by Crippen LogP contribution is -2.35. The zero-order valence-corrected chi connectivity index (χ0v) is 15.0. The van der Waals surface area contributed by atoms with Crippen molar-refractivity contribution in [1.82, 2.24) is 4.31 Å². The van der Waals surface area contributed by atoms with E-state index in [1.807, 2.05) is 0 Å². The minimum Gasteiger partial charge on any atom is -0.482 e. The Kier molecular flexibility index (Phi) is 5.10. The van der Waals surface area contributed by atoms with Gasteiger partial charge in [0.05, 0.1) is 17.1 Å². The van der Waals surface area contributed by atoms with E-state index in [9.17, 15) is 22.4 Å². The number of fused-ring (bicyclic) bond motifs is 1. The number of ether oxygens (including phenoxy) is 1. The number of nitrogens with one attached hydrogen (secondary N) is 2. The maximum absolute atomic E-state index is 12.9. The number of likely N-dealkylation sites (N-methyl/N-ethyl adjacent to an activating group) is 1.